The van der Waals surface area contributed by atoms with Gasteiger partial charge in [0.1, 0.15) is 10.7 Å². The summed E-state index contributed by atoms with van der Waals surface area (Å²) in [4.78, 5) is 34.6. The number of aromatic amines is 1. The van der Waals surface area contributed by atoms with Gasteiger partial charge >= 0.3 is 0 Å². The average molecular weight is 480 g/mol. The van der Waals surface area contributed by atoms with E-state index in [4.69, 9.17) is 0 Å². The molecule has 0 aliphatic heterocycles. The third-order valence-corrected chi connectivity index (χ3v) is 8.96. The Morgan fingerprint density at radius 1 is 1.26 bits per heavy atom. The number of aryl methyl sites for hydroxylation is 3. The molecular formula is C21H25N3O4S3. The molecule has 10 heteroatoms. The van der Waals surface area contributed by atoms with Crippen molar-refractivity contribution in [3.8, 4) is 0 Å². The van der Waals surface area contributed by atoms with Crippen LogP contribution in [0.5, 0.6) is 0 Å². The molecule has 0 spiro atoms. The molecule has 0 bridgehead atoms. The molecule has 0 saturated heterocycles. The van der Waals surface area contributed by atoms with Gasteiger partial charge in [-0.25, -0.2) is 13.4 Å². The van der Waals surface area contributed by atoms with Crippen LogP contribution >= 0.6 is 23.1 Å². The number of thioether (sulfide) groups is 1. The van der Waals surface area contributed by atoms with Gasteiger partial charge in [-0.15, -0.1) is 23.1 Å². The fraction of sp³-hybridized carbons (Fsp3) is 0.381. The van der Waals surface area contributed by atoms with E-state index in [-0.39, 0.29) is 23.6 Å². The molecule has 3 aromatic rings. The lowest BCUT2D eigenvalue weighted by molar-refractivity contribution is 0.0959. The average Bonchev–Trinajstić information content (AvgIpc) is 3.05. The Hall–Kier alpha value is -2.17. The second-order valence-electron chi connectivity index (χ2n) is 7.30. The number of H-pyrrole nitrogens is 1. The normalized spacial score (nSPS) is 11.7. The largest absolute Gasteiger partial charge is 0.350 e. The van der Waals surface area contributed by atoms with Crippen LogP contribution in [-0.2, 0) is 15.6 Å². The number of sulfone groups is 1. The number of carbonyl (C=O) groups is 1. The lowest BCUT2D eigenvalue weighted by atomic mass is 10.2. The van der Waals surface area contributed by atoms with E-state index in [9.17, 15) is 18.0 Å². The zero-order chi connectivity index (χ0) is 22.8. The van der Waals surface area contributed by atoms with Gasteiger partial charge in [-0.3, -0.25) is 9.59 Å². The van der Waals surface area contributed by atoms with E-state index in [1.54, 1.807) is 25.6 Å². The number of thiophene rings is 1. The zero-order valence-electron chi connectivity index (χ0n) is 17.9. The first-order valence-corrected chi connectivity index (χ1v) is 13.4. The predicted molar refractivity (Wildman–Crippen MR) is 127 cm³/mol. The molecule has 0 unspecified atom stereocenters. The summed E-state index contributed by atoms with van der Waals surface area (Å²) in [5.74, 6) is 0.580. The maximum atomic E-state index is 12.7. The Morgan fingerprint density at radius 3 is 2.71 bits per heavy atom. The van der Waals surface area contributed by atoms with E-state index in [1.165, 1.54) is 5.56 Å². The predicted octanol–water partition coefficient (Wildman–Crippen LogP) is 3.37. The summed E-state index contributed by atoms with van der Waals surface area (Å²) in [5, 5.41) is 3.03. The second kappa shape index (κ2) is 9.54. The van der Waals surface area contributed by atoms with Crippen molar-refractivity contribution in [1.29, 1.82) is 0 Å². The summed E-state index contributed by atoms with van der Waals surface area (Å²) in [6.45, 7) is 7.39. The second-order valence-corrected chi connectivity index (χ2v) is 11.8. The van der Waals surface area contributed by atoms with Crippen molar-refractivity contribution in [2.45, 2.75) is 38.3 Å². The van der Waals surface area contributed by atoms with Gasteiger partial charge in [0.15, 0.2) is 9.84 Å². The summed E-state index contributed by atoms with van der Waals surface area (Å²) >= 11 is 2.75. The van der Waals surface area contributed by atoms with E-state index < -0.39 is 15.7 Å². The van der Waals surface area contributed by atoms with Crippen LogP contribution < -0.4 is 10.9 Å². The summed E-state index contributed by atoms with van der Waals surface area (Å²) in [7, 11) is -3.16. The molecule has 1 aromatic carbocycles. The van der Waals surface area contributed by atoms with Gasteiger partial charge in [-0.2, -0.15) is 0 Å². The van der Waals surface area contributed by atoms with E-state index in [0.29, 0.717) is 32.2 Å². The van der Waals surface area contributed by atoms with Crippen LogP contribution in [0.3, 0.4) is 0 Å². The minimum atomic E-state index is -3.16. The van der Waals surface area contributed by atoms with Crippen LogP contribution in [0.15, 0.2) is 27.9 Å². The SMILES string of the molecule is CCS(=O)(=O)CCNC(=O)c1sc2nc(CSc3cc(C)ccc3C)[nH]c(=O)c2c1C. The van der Waals surface area contributed by atoms with Gasteiger partial charge < -0.3 is 10.3 Å². The number of hydrogen-bond acceptors (Lipinski definition) is 7. The lowest BCUT2D eigenvalue weighted by Gasteiger charge is -2.06. The van der Waals surface area contributed by atoms with Crippen LogP contribution in [-0.4, -0.2) is 42.3 Å². The van der Waals surface area contributed by atoms with E-state index in [0.717, 1.165) is 21.8 Å². The van der Waals surface area contributed by atoms with Crippen LogP contribution in [0.25, 0.3) is 10.2 Å². The molecule has 7 nitrogen and oxygen atoms in total. The standard InChI is InChI=1S/C21H25N3O4S3/c1-5-31(27,28)9-8-22-20(26)18-14(4)17-19(25)23-16(24-21(17)30-18)11-29-15-10-12(2)6-7-13(15)3/h6-7,10H,5,8-9,11H2,1-4H3,(H,22,26)(H,23,24,25). The molecule has 0 atom stereocenters. The van der Waals surface area contributed by atoms with Crippen molar-refractivity contribution >= 4 is 49.1 Å². The summed E-state index contributed by atoms with van der Waals surface area (Å²) in [5.41, 5.74) is 2.61. The molecule has 3 rings (SSSR count). The molecule has 0 radical (unpaired) electrons. The molecule has 2 heterocycles. The highest BCUT2D eigenvalue weighted by molar-refractivity contribution is 7.98. The van der Waals surface area contributed by atoms with Crippen LogP contribution in [0.4, 0.5) is 0 Å². The molecule has 0 fully saturated rings. The van der Waals surface area contributed by atoms with Gasteiger partial charge in [0.05, 0.1) is 21.8 Å². The molecule has 0 saturated carbocycles. The van der Waals surface area contributed by atoms with Crippen LogP contribution in [0, 0.1) is 20.8 Å². The van der Waals surface area contributed by atoms with Crippen LogP contribution in [0.2, 0.25) is 0 Å². The summed E-state index contributed by atoms with van der Waals surface area (Å²) in [6.07, 6.45) is 0. The monoisotopic (exact) mass is 479 g/mol. The van der Waals surface area contributed by atoms with Crippen molar-refractivity contribution < 1.29 is 13.2 Å². The maximum Gasteiger partial charge on any atom is 0.261 e. The third-order valence-electron chi connectivity index (χ3n) is 4.90. The van der Waals surface area contributed by atoms with Crippen molar-refractivity contribution in [2.24, 2.45) is 0 Å². The maximum absolute atomic E-state index is 12.7. The van der Waals surface area contributed by atoms with Crippen molar-refractivity contribution in [3.05, 3.63) is 55.9 Å². The number of rotatable bonds is 8. The molecule has 31 heavy (non-hydrogen) atoms. The molecule has 0 aliphatic rings. The van der Waals surface area contributed by atoms with Crippen LogP contribution in [0.1, 0.15) is 39.1 Å². The van der Waals surface area contributed by atoms with E-state index >= 15 is 0 Å². The molecule has 2 N–H and O–H groups in total. The number of hydrogen-bond donors (Lipinski definition) is 2. The number of nitrogens with zero attached hydrogens (tertiary/aromatic N) is 1. The zero-order valence-corrected chi connectivity index (χ0v) is 20.3. The third kappa shape index (κ3) is 5.55. The van der Waals surface area contributed by atoms with E-state index in [1.807, 2.05) is 13.8 Å². The van der Waals surface area contributed by atoms with Gasteiger partial charge in [-0.05, 0) is 38.0 Å². The minimum Gasteiger partial charge on any atom is -0.350 e. The minimum absolute atomic E-state index is 0.0320. The first-order valence-electron chi connectivity index (χ1n) is 9.82. The number of nitrogens with one attached hydrogen (secondary N) is 2. The Balaban J connectivity index is 1.80. The molecule has 166 valence electrons. The smallest absolute Gasteiger partial charge is 0.261 e. The van der Waals surface area contributed by atoms with Crippen molar-refractivity contribution in [3.63, 3.8) is 0 Å². The van der Waals surface area contributed by atoms with Gasteiger partial charge in [0.25, 0.3) is 11.5 Å². The van der Waals surface area contributed by atoms with Gasteiger partial charge in [0, 0.05) is 17.2 Å². The Labute approximate surface area is 189 Å². The summed E-state index contributed by atoms with van der Waals surface area (Å²) < 4.78 is 23.2. The first kappa shape index (κ1) is 23.5. The highest BCUT2D eigenvalue weighted by Crippen LogP contribution is 2.29. The molecule has 2 aromatic heterocycles. The van der Waals surface area contributed by atoms with Crippen molar-refractivity contribution in [2.75, 3.05) is 18.1 Å². The Morgan fingerprint density at radius 2 is 2.00 bits per heavy atom. The highest BCUT2D eigenvalue weighted by Gasteiger charge is 2.20. The molecule has 1 amide bonds. The summed E-state index contributed by atoms with van der Waals surface area (Å²) in [6, 6.07) is 6.23. The Bertz CT molecular complexity index is 1290. The topological polar surface area (TPSA) is 109 Å². The fourth-order valence-corrected chi connectivity index (χ4v) is 5.84. The number of carbonyl (C=O) groups excluding carboxylic acids is 1. The highest BCUT2D eigenvalue weighted by atomic mass is 32.2. The molecular weight excluding hydrogens is 454 g/mol. The molecule has 0 aliphatic carbocycles. The fourth-order valence-electron chi connectivity index (χ4n) is 3.03. The van der Waals surface area contributed by atoms with Crippen molar-refractivity contribution in [1.82, 2.24) is 15.3 Å². The number of fused-ring (bicyclic) bond motifs is 1. The Kier molecular flexibility index (Phi) is 7.23. The number of benzene rings is 1. The van der Waals surface area contributed by atoms with Gasteiger partial charge in [0.2, 0.25) is 0 Å². The van der Waals surface area contributed by atoms with Gasteiger partial charge in [-0.1, -0.05) is 24.6 Å². The first-order chi connectivity index (χ1) is 14.6. The lowest BCUT2D eigenvalue weighted by Crippen LogP contribution is -2.29. The van der Waals surface area contributed by atoms with E-state index in [2.05, 4.69) is 33.5 Å². The number of aromatic nitrogens is 2. The quantitative estimate of drug-likeness (QED) is 0.480. The number of amides is 1.